The van der Waals surface area contributed by atoms with Crippen LogP contribution in [0.1, 0.15) is 0 Å². The van der Waals surface area contributed by atoms with Crippen molar-refractivity contribution in [1.82, 2.24) is 28.7 Å². The maximum absolute atomic E-state index is 6.09. The number of benzene rings is 15. The van der Waals surface area contributed by atoms with Crippen LogP contribution in [0.5, 0.6) is 0 Å². The summed E-state index contributed by atoms with van der Waals surface area (Å²) in [4.78, 5) is 13.9. The highest BCUT2D eigenvalue weighted by molar-refractivity contribution is 6.14. The van der Waals surface area contributed by atoms with Crippen molar-refractivity contribution in [2.75, 3.05) is 0 Å². The normalized spacial score (nSPS) is 11.7. The molecule has 0 aliphatic carbocycles. The first-order valence-electron chi connectivity index (χ1n) is 38.4. The Labute approximate surface area is 654 Å². The lowest BCUT2D eigenvalue weighted by Crippen LogP contribution is -1.94. The van der Waals surface area contributed by atoms with Crippen LogP contribution in [-0.2, 0) is 0 Å². The average molecular weight is 1460 g/mol. The van der Waals surface area contributed by atoms with E-state index in [-0.39, 0.29) is 0 Å². The number of nitrogens with zero attached hydrogens (tertiary/aromatic N) is 6. The predicted molar refractivity (Wildman–Crippen MR) is 470 cm³/mol. The van der Waals surface area contributed by atoms with Crippen LogP contribution in [0.2, 0.25) is 0 Å². The molecule has 24 aromatic rings. The van der Waals surface area contributed by atoms with Crippen LogP contribution in [-0.4, -0.2) is 28.7 Å². The lowest BCUT2D eigenvalue weighted by atomic mass is 9.96. The minimum absolute atomic E-state index is 0.808. The van der Waals surface area contributed by atoms with Crippen LogP contribution in [0.25, 0.3) is 215 Å². The van der Waals surface area contributed by atoms with Gasteiger partial charge in [-0.05, 0) is 213 Å². The molecular weight excluding hydrogens is 1390 g/mol. The van der Waals surface area contributed by atoms with Gasteiger partial charge >= 0.3 is 0 Å². The molecular formula is C105H66N6O3. The van der Waals surface area contributed by atoms with Gasteiger partial charge in [0, 0.05) is 84.3 Å². The molecule has 0 bridgehead atoms. The molecule has 9 heteroatoms. The van der Waals surface area contributed by atoms with Crippen molar-refractivity contribution in [2.45, 2.75) is 0 Å². The summed E-state index contributed by atoms with van der Waals surface area (Å²) in [5.74, 6) is 0. The summed E-state index contributed by atoms with van der Waals surface area (Å²) < 4.78 is 25.4. The summed E-state index contributed by atoms with van der Waals surface area (Å²) >= 11 is 0. The number of hydrogen-bond acceptors (Lipinski definition) is 6. The molecule has 534 valence electrons. The number of furan rings is 3. The summed E-state index contributed by atoms with van der Waals surface area (Å²) in [7, 11) is 0. The van der Waals surface area contributed by atoms with E-state index >= 15 is 0 Å². The molecule has 114 heavy (non-hydrogen) atoms. The quantitative estimate of drug-likeness (QED) is 0.143. The van der Waals surface area contributed by atoms with Crippen molar-refractivity contribution >= 4 is 132 Å². The van der Waals surface area contributed by atoms with E-state index in [4.69, 9.17) is 18.2 Å². The number of rotatable bonds is 9. The van der Waals surface area contributed by atoms with Crippen molar-refractivity contribution in [3.8, 4) is 83.8 Å². The number of pyridine rings is 3. The van der Waals surface area contributed by atoms with Crippen LogP contribution >= 0.6 is 0 Å². The van der Waals surface area contributed by atoms with Crippen LogP contribution in [0.15, 0.2) is 414 Å². The first-order valence-corrected chi connectivity index (χ1v) is 38.4. The van der Waals surface area contributed by atoms with Gasteiger partial charge in [0.25, 0.3) is 0 Å². The lowest BCUT2D eigenvalue weighted by molar-refractivity contribution is 0.668. The number of hydrogen-bond donors (Lipinski definition) is 0. The van der Waals surface area contributed by atoms with Crippen molar-refractivity contribution in [3.05, 3.63) is 401 Å². The van der Waals surface area contributed by atoms with Crippen molar-refractivity contribution in [3.63, 3.8) is 0 Å². The number of para-hydroxylation sites is 7. The van der Waals surface area contributed by atoms with Gasteiger partial charge in [0.15, 0.2) is 16.7 Å². The highest BCUT2D eigenvalue weighted by Gasteiger charge is 2.20. The Hall–Kier alpha value is -15.5. The van der Waals surface area contributed by atoms with Gasteiger partial charge in [0.1, 0.15) is 33.3 Å². The first kappa shape index (κ1) is 65.6. The van der Waals surface area contributed by atoms with Crippen LogP contribution in [0.3, 0.4) is 0 Å². The zero-order valence-corrected chi connectivity index (χ0v) is 61.5. The van der Waals surface area contributed by atoms with E-state index in [0.29, 0.717) is 0 Å². The molecule has 24 rings (SSSR count). The van der Waals surface area contributed by atoms with Crippen LogP contribution in [0, 0.1) is 0 Å². The van der Waals surface area contributed by atoms with Gasteiger partial charge in [-0.15, -0.1) is 0 Å². The molecule has 0 atom stereocenters. The van der Waals surface area contributed by atoms with Gasteiger partial charge < -0.3 is 27.0 Å². The second-order valence-corrected chi connectivity index (χ2v) is 29.0. The molecule has 0 radical (unpaired) electrons. The minimum Gasteiger partial charge on any atom is -0.454 e. The standard InChI is InChI=1S/3C35H22N2O/c1-4-16-31-28(13-1)29-14-2-5-17-32(29)37(31)27-12-8-11-25(20-27)23-9-7-10-24(19-23)26-21-34-35(36-22-26)30-15-3-6-18-33(30)38-34;1-3-16-30-28(13-1)29-14-2-4-17-31(29)37(30)26-12-6-10-24(22-26)23-9-5-11-25(21-23)27-15-7-18-32-34(27)35-33(38-32)19-8-20-36-35;1-3-14-31-28(12-1)29-13-2-4-15-32(29)37(31)27-11-6-10-25(21-27)23-8-5-9-24(20-23)26-17-18-30-34(22-26)38-33-16-7-19-36-35(30)33/h3*1-22H. The van der Waals surface area contributed by atoms with Crippen LogP contribution in [0.4, 0.5) is 0 Å². The topological polar surface area (TPSA) is 92.9 Å². The fourth-order valence-electron chi connectivity index (χ4n) is 17.1. The van der Waals surface area contributed by atoms with Gasteiger partial charge in [-0.2, -0.15) is 0 Å². The molecule has 0 aliphatic rings. The molecule has 0 spiro atoms. The maximum Gasteiger partial charge on any atom is 0.154 e. The molecule has 0 N–H and O–H groups in total. The SMILES string of the molecule is c1cc(-c2cccc(-n3c4ccccc4c4ccccc43)c2)cc(-c2ccc3c(c2)oc2cccnc23)c1.c1cc(-c2cccc(-n3c4ccccc4c4ccccc43)c2)cc(-c2cccc3oc4cccnc4c23)c1.c1cc(-c2cccc(-n3c4ccccc4c4ccccc43)c2)cc(-c2cnc3c(c2)oc2ccccc23)c1. The van der Waals surface area contributed by atoms with E-state index < -0.39 is 0 Å². The van der Waals surface area contributed by atoms with Gasteiger partial charge in [-0.3, -0.25) is 15.0 Å². The van der Waals surface area contributed by atoms with E-state index in [9.17, 15) is 0 Å². The van der Waals surface area contributed by atoms with Gasteiger partial charge in [-0.1, -0.05) is 231 Å². The summed E-state index contributed by atoms with van der Waals surface area (Å²) in [6.07, 6.45) is 5.57. The molecule has 9 heterocycles. The van der Waals surface area contributed by atoms with Gasteiger partial charge in [0.05, 0.1) is 38.5 Å². The second kappa shape index (κ2) is 27.3. The Balaban J connectivity index is 0.000000104. The number of aromatic nitrogens is 6. The minimum atomic E-state index is 0.808. The molecule has 0 unspecified atom stereocenters. The zero-order valence-electron chi connectivity index (χ0n) is 61.5. The number of fused-ring (bicyclic) bond motifs is 18. The molecule has 9 aromatic heterocycles. The molecule has 15 aromatic carbocycles. The Kier molecular flexibility index (Phi) is 15.7. The van der Waals surface area contributed by atoms with E-state index in [1.165, 1.54) is 93.2 Å². The van der Waals surface area contributed by atoms with E-state index in [2.05, 4.69) is 357 Å². The van der Waals surface area contributed by atoms with Crippen molar-refractivity contribution in [1.29, 1.82) is 0 Å². The summed E-state index contributed by atoms with van der Waals surface area (Å²) in [6, 6.07) is 135. The third-order valence-electron chi connectivity index (χ3n) is 22.3. The molecule has 0 fully saturated rings. The van der Waals surface area contributed by atoms with Crippen molar-refractivity contribution < 1.29 is 13.3 Å². The Morgan fingerprint density at radius 1 is 0.184 bits per heavy atom. The molecule has 0 amide bonds. The fraction of sp³-hybridized carbons (Fsp3) is 0. The Morgan fingerprint density at radius 2 is 0.500 bits per heavy atom. The van der Waals surface area contributed by atoms with Crippen LogP contribution < -0.4 is 0 Å². The van der Waals surface area contributed by atoms with E-state index in [0.717, 1.165) is 122 Å². The third-order valence-corrected chi connectivity index (χ3v) is 22.3. The zero-order chi connectivity index (χ0) is 75.2. The highest BCUT2D eigenvalue weighted by Crippen LogP contribution is 2.42. The van der Waals surface area contributed by atoms with E-state index in [1.807, 2.05) is 67.1 Å². The Morgan fingerprint density at radius 3 is 0.982 bits per heavy atom. The fourth-order valence-corrected chi connectivity index (χ4v) is 17.1. The lowest BCUT2D eigenvalue weighted by Gasteiger charge is -2.11. The highest BCUT2D eigenvalue weighted by atomic mass is 16.3. The molecule has 0 saturated heterocycles. The summed E-state index contributed by atoms with van der Waals surface area (Å²) in [5, 5.41) is 10.8. The largest absolute Gasteiger partial charge is 0.454 e. The monoisotopic (exact) mass is 1460 g/mol. The van der Waals surface area contributed by atoms with Gasteiger partial charge in [0.2, 0.25) is 0 Å². The summed E-state index contributed by atoms with van der Waals surface area (Å²) in [5.41, 5.74) is 32.2. The van der Waals surface area contributed by atoms with E-state index in [1.54, 1.807) is 0 Å². The molecule has 0 aliphatic heterocycles. The predicted octanol–water partition coefficient (Wildman–Crippen LogP) is 28.2. The van der Waals surface area contributed by atoms with Crippen molar-refractivity contribution in [2.24, 2.45) is 0 Å². The molecule has 0 saturated carbocycles. The maximum atomic E-state index is 6.09. The average Bonchev–Trinajstić information content (AvgIpc) is 1.60. The summed E-state index contributed by atoms with van der Waals surface area (Å²) in [6.45, 7) is 0. The smallest absolute Gasteiger partial charge is 0.154 e. The first-order chi connectivity index (χ1) is 56.5. The van der Waals surface area contributed by atoms with Gasteiger partial charge in [-0.25, -0.2) is 0 Å². The Bertz CT molecular complexity index is 7450. The second-order valence-electron chi connectivity index (χ2n) is 29.0. The molecule has 9 nitrogen and oxygen atoms in total. The third kappa shape index (κ3) is 11.3.